The van der Waals surface area contributed by atoms with Crippen LogP contribution in [0.2, 0.25) is 0 Å². The van der Waals surface area contributed by atoms with Crippen LogP contribution in [0.5, 0.6) is 0 Å². The molecule has 0 fully saturated rings. The molecule has 0 aliphatic carbocycles. The Morgan fingerprint density at radius 3 is 0.830 bits per heavy atom. The molecular formula is C45H69O2PS2Zn3. The maximum atomic E-state index is 9.29. The first-order valence-corrected chi connectivity index (χ1v) is 23.5. The molecule has 0 spiro atoms. The van der Waals surface area contributed by atoms with E-state index in [-0.39, 0.29) is 58.4 Å². The van der Waals surface area contributed by atoms with Crippen molar-refractivity contribution in [3.8, 4) is 0 Å². The van der Waals surface area contributed by atoms with Crippen molar-refractivity contribution < 1.29 is 68.2 Å². The smallest absolute Gasteiger partial charge is 0.850 e. The molecule has 0 atom stereocenters. The van der Waals surface area contributed by atoms with Crippen molar-refractivity contribution in [1.29, 1.82) is 0 Å². The molecule has 53 heavy (non-hydrogen) atoms. The number of rotatable bonds is 24. The molecule has 0 N–H and O–H groups in total. The van der Waals surface area contributed by atoms with Gasteiger partial charge in [0.1, 0.15) is 0 Å². The van der Waals surface area contributed by atoms with Crippen LogP contribution in [0, 0.1) is 18.2 Å². The van der Waals surface area contributed by atoms with E-state index < -0.39 is 5.69 Å². The average molecular weight is 933 g/mol. The Balaban J connectivity index is -0.000000311. The second-order valence-corrected chi connectivity index (χ2v) is 17.7. The summed E-state index contributed by atoms with van der Waals surface area (Å²) in [7, 11) is 0. The second kappa shape index (κ2) is 46.8. The Kier molecular flexibility index (Phi) is 53.1. The molecule has 0 aromatic heterocycles. The quantitative estimate of drug-likeness (QED) is 0.0295. The molecule has 0 saturated carbocycles. The fraction of sp³-hybridized carbons (Fsp3) is 0.600. The predicted molar refractivity (Wildman–Crippen MR) is 223 cm³/mol. The molecule has 0 heterocycles. The number of hydrogen-bond acceptors (Lipinski definition) is 4. The maximum Gasteiger partial charge on any atom is 2.00 e. The van der Waals surface area contributed by atoms with E-state index in [9.17, 15) is 9.79 Å². The summed E-state index contributed by atoms with van der Waals surface area (Å²) in [6, 6.07) is 34.8. The molecule has 8 heteroatoms. The monoisotopic (exact) mass is 928 g/mol. The maximum absolute atomic E-state index is 9.29. The van der Waals surface area contributed by atoms with E-state index in [4.69, 9.17) is 0 Å². The van der Waals surface area contributed by atoms with Crippen LogP contribution in [0.25, 0.3) is 0 Å². The van der Waals surface area contributed by atoms with Gasteiger partial charge in [0.15, 0.2) is 0 Å². The molecule has 2 nitrogen and oxygen atoms in total. The molecule has 3 rings (SSSR count). The summed E-state index contributed by atoms with van der Waals surface area (Å²) >= 11 is 7.28. The molecule has 0 saturated heterocycles. The molecule has 0 radical (unpaired) electrons. The van der Waals surface area contributed by atoms with Gasteiger partial charge in [0.05, 0.1) is 0 Å². The van der Waals surface area contributed by atoms with Gasteiger partial charge in [0.25, 0.3) is 0 Å². The van der Waals surface area contributed by atoms with E-state index in [2.05, 4.69) is 99.4 Å². The van der Waals surface area contributed by atoms with Gasteiger partial charge in [-0.25, -0.2) is 0 Å². The van der Waals surface area contributed by atoms with Crippen molar-refractivity contribution in [2.24, 2.45) is 0 Å². The van der Waals surface area contributed by atoms with Gasteiger partial charge in [-0.1, -0.05) is 175 Å². The first-order valence-electron chi connectivity index (χ1n) is 19.9. The third-order valence-electron chi connectivity index (χ3n) is 8.47. The van der Waals surface area contributed by atoms with Crippen LogP contribution in [0.1, 0.15) is 172 Å². The molecule has 3 aromatic carbocycles. The van der Waals surface area contributed by atoms with E-state index in [1.54, 1.807) is 0 Å². The second-order valence-electron chi connectivity index (χ2n) is 13.2. The summed E-state index contributed by atoms with van der Waals surface area (Å²) in [5, 5.41) is 0. The molecule has 0 unspecified atom stereocenters. The third-order valence-corrected chi connectivity index (χ3v) is 8.47. The van der Waals surface area contributed by atoms with E-state index in [0.717, 1.165) is 0 Å². The van der Waals surface area contributed by atoms with E-state index in [1.165, 1.54) is 171 Å². The Hall–Kier alpha value is 0.450. The molecule has 284 valence electrons. The van der Waals surface area contributed by atoms with Crippen molar-refractivity contribution in [1.82, 2.24) is 0 Å². The summed E-state index contributed by atoms with van der Waals surface area (Å²) in [5.41, 5.74) is 0.378. The molecular weight excluding hydrogens is 864 g/mol. The molecule has 0 amide bonds. The van der Waals surface area contributed by atoms with Crippen molar-refractivity contribution >= 4 is 29.7 Å². The summed E-state index contributed by atoms with van der Waals surface area (Å²) in [6.07, 6.45) is 32.8. The number of hydrogen-bond donors (Lipinski definition) is 0. The fourth-order valence-electron chi connectivity index (χ4n) is 5.58. The molecule has 3 aromatic rings. The molecule has 0 aliphatic rings. The van der Waals surface area contributed by atoms with Gasteiger partial charge in [-0.15, -0.1) is 0 Å². The van der Waals surface area contributed by atoms with Crippen LogP contribution in [-0.4, -0.2) is 0 Å². The van der Waals surface area contributed by atoms with Crippen LogP contribution in [0.15, 0.2) is 72.8 Å². The van der Waals surface area contributed by atoms with Crippen molar-refractivity contribution in [2.75, 3.05) is 0 Å². The van der Waals surface area contributed by atoms with Crippen molar-refractivity contribution in [3.63, 3.8) is 0 Å². The van der Waals surface area contributed by atoms with E-state index >= 15 is 0 Å². The summed E-state index contributed by atoms with van der Waals surface area (Å²) < 4.78 is 0. The average Bonchev–Trinajstić information content (AvgIpc) is 3.12. The largest absolute Gasteiger partial charge is 2.00 e. The zero-order chi connectivity index (χ0) is 36.8. The minimum absolute atomic E-state index is 0. The minimum atomic E-state index is -3.72. The van der Waals surface area contributed by atoms with E-state index in [1.807, 2.05) is 36.4 Å². The standard InChI is InChI=1S/3C15H23.H3O2PS2.3Zn/c3*1-2-3-4-5-6-7-9-12-15-13-10-8-11-14-15;1-3(2,4)5;;;/h3*8,10-11,13H,2-7,9,12H2,1H3;(H3,1,2,4,5);;;/q3*-1;;3*+2/p-3. The normalized spacial score (nSPS) is 10.0. The van der Waals surface area contributed by atoms with Crippen LogP contribution in [0.4, 0.5) is 0 Å². The Bertz CT molecular complexity index is 987. The zero-order valence-corrected chi connectivity index (χ0v) is 45.5. The molecule has 0 aliphatic heterocycles. The van der Waals surface area contributed by atoms with Crippen LogP contribution in [-0.2, 0) is 102 Å². The minimum Gasteiger partial charge on any atom is -0.850 e. The zero-order valence-electron chi connectivity index (χ0n) is 34.1. The van der Waals surface area contributed by atoms with Gasteiger partial charge >= 0.3 is 58.4 Å². The van der Waals surface area contributed by atoms with Crippen molar-refractivity contribution in [3.05, 3.63) is 108 Å². The van der Waals surface area contributed by atoms with E-state index in [0.29, 0.717) is 0 Å². The summed E-state index contributed by atoms with van der Waals surface area (Å²) in [4.78, 5) is 18.6. The third kappa shape index (κ3) is 50.4. The van der Waals surface area contributed by atoms with Crippen molar-refractivity contribution in [2.45, 2.75) is 175 Å². The van der Waals surface area contributed by atoms with Gasteiger partial charge in [-0.2, -0.15) is 119 Å². The van der Waals surface area contributed by atoms with Crippen LogP contribution < -0.4 is 9.79 Å². The number of benzene rings is 3. The van der Waals surface area contributed by atoms with Crippen LogP contribution >= 0.6 is 5.69 Å². The molecule has 0 bridgehead atoms. The fourth-order valence-corrected chi connectivity index (χ4v) is 5.58. The number of unbranched alkanes of at least 4 members (excludes halogenated alkanes) is 18. The SMILES string of the molecule is CCCCCCCCCc1[c-]cccc1.CCCCCCCCCc1[c-]cccc1.CCCCCCCCCc1[c-]cccc1.[O-]P([O-])(=S)[S-].[Zn+2].[Zn+2].[Zn+2]. The Labute approximate surface area is 377 Å². The predicted octanol–water partition coefficient (Wildman–Crippen LogP) is 12.8. The number of aryl methyl sites for hydroxylation is 3. The summed E-state index contributed by atoms with van der Waals surface area (Å²) in [5.74, 6) is 0. The Morgan fingerprint density at radius 2 is 0.642 bits per heavy atom. The van der Waals surface area contributed by atoms with Gasteiger partial charge in [0.2, 0.25) is 0 Å². The van der Waals surface area contributed by atoms with Crippen LogP contribution in [0.3, 0.4) is 0 Å². The van der Waals surface area contributed by atoms with Gasteiger partial charge in [0, 0.05) is 0 Å². The first kappa shape index (κ1) is 60.1. The first-order chi connectivity index (χ1) is 24.3. The Morgan fingerprint density at radius 1 is 0.434 bits per heavy atom. The van der Waals surface area contributed by atoms with Gasteiger partial charge in [-0.3, -0.25) is 0 Å². The van der Waals surface area contributed by atoms with Gasteiger partial charge in [-0.05, 0) is 0 Å². The summed E-state index contributed by atoms with van der Waals surface area (Å²) in [6.45, 7) is 6.81. The van der Waals surface area contributed by atoms with Gasteiger partial charge < -0.3 is 27.7 Å². The topological polar surface area (TPSA) is 46.1 Å².